The number of hydrogen-bond donors (Lipinski definition) is 2. The summed E-state index contributed by atoms with van der Waals surface area (Å²) in [7, 11) is 3.12. The minimum Gasteiger partial charge on any atom is -0.493 e. The molecule has 10 heteroatoms. The molecule has 37 heavy (non-hydrogen) atoms. The van der Waals surface area contributed by atoms with Gasteiger partial charge in [-0.3, -0.25) is 9.59 Å². The van der Waals surface area contributed by atoms with Gasteiger partial charge in [-0.05, 0) is 60.9 Å². The minimum absolute atomic E-state index is 0.142. The van der Waals surface area contributed by atoms with Crippen LogP contribution in [-0.2, 0) is 22.7 Å². The monoisotopic (exact) mass is 521 g/mol. The van der Waals surface area contributed by atoms with Gasteiger partial charge in [0.1, 0.15) is 0 Å². The molecule has 1 heterocycles. The second kappa shape index (κ2) is 13.3. The predicted octanol–water partition coefficient (Wildman–Crippen LogP) is 4.16. The number of carbonyl (C=O) groups is 2. The summed E-state index contributed by atoms with van der Waals surface area (Å²) in [6.07, 6.45) is 4.83. The van der Waals surface area contributed by atoms with Crippen LogP contribution in [0.15, 0.2) is 60.3 Å². The Labute approximate surface area is 221 Å². The highest BCUT2D eigenvalue weighted by atomic mass is 32.2. The van der Waals surface area contributed by atoms with E-state index in [1.54, 1.807) is 38.5 Å². The van der Waals surface area contributed by atoms with Gasteiger partial charge in [-0.2, -0.15) is 0 Å². The van der Waals surface area contributed by atoms with Gasteiger partial charge >= 0.3 is 0 Å². The molecule has 0 saturated heterocycles. The van der Waals surface area contributed by atoms with Crippen LogP contribution in [0.4, 0.5) is 5.69 Å². The molecule has 0 bridgehead atoms. The number of benzene rings is 2. The van der Waals surface area contributed by atoms with E-state index in [1.165, 1.54) is 23.4 Å². The van der Waals surface area contributed by atoms with Crippen LogP contribution in [0.25, 0.3) is 6.08 Å². The van der Waals surface area contributed by atoms with Crippen LogP contribution in [0.2, 0.25) is 0 Å². The van der Waals surface area contributed by atoms with E-state index >= 15 is 0 Å². The molecule has 0 spiro atoms. The van der Waals surface area contributed by atoms with Gasteiger partial charge in [0.25, 0.3) is 0 Å². The summed E-state index contributed by atoms with van der Waals surface area (Å²) < 4.78 is 12.3. The van der Waals surface area contributed by atoms with Crippen molar-refractivity contribution >= 4 is 35.3 Å². The number of carbonyl (C=O) groups excluding carboxylic acids is 2. The van der Waals surface area contributed by atoms with Crippen LogP contribution in [0.1, 0.15) is 22.5 Å². The fourth-order valence-corrected chi connectivity index (χ4v) is 4.14. The van der Waals surface area contributed by atoms with Crippen LogP contribution in [-0.4, -0.2) is 46.6 Å². The zero-order valence-electron chi connectivity index (χ0n) is 21.4. The molecule has 2 N–H and O–H groups in total. The fraction of sp³-hybridized carbons (Fsp3) is 0.259. The Morgan fingerprint density at radius 3 is 2.54 bits per heavy atom. The Kier molecular flexibility index (Phi) is 9.91. The van der Waals surface area contributed by atoms with E-state index in [2.05, 4.69) is 27.4 Å². The van der Waals surface area contributed by atoms with E-state index in [0.717, 1.165) is 16.8 Å². The molecule has 0 saturated carbocycles. The average Bonchev–Trinajstić information content (AvgIpc) is 3.28. The highest BCUT2D eigenvalue weighted by Crippen LogP contribution is 2.28. The fourth-order valence-electron chi connectivity index (χ4n) is 3.37. The molecule has 9 nitrogen and oxygen atoms in total. The molecule has 194 valence electrons. The number of hydrogen-bond acceptors (Lipinski definition) is 7. The zero-order valence-corrected chi connectivity index (χ0v) is 22.2. The molecule has 0 fully saturated rings. The van der Waals surface area contributed by atoms with Crippen molar-refractivity contribution in [2.24, 2.45) is 0 Å². The lowest BCUT2D eigenvalue weighted by atomic mass is 10.1. The highest BCUT2D eigenvalue weighted by molar-refractivity contribution is 7.99. The molecule has 1 aromatic heterocycles. The number of thioether (sulfide) groups is 1. The number of nitrogens with one attached hydrogen (secondary N) is 2. The SMILES string of the molecule is C=CCn1c(CNC(=O)C=Cc2ccc(OC)c(OC)c2)nnc1SCC(=O)Nc1ccc(C)c(C)c1. The van der Waals surface area contributed by atoms with Crippen molar-refractivity contribution in [3.05, 3.63) is 77.6 Å². The van der Waals surface area contributed by atoms with Crippen molar-refractivity contribution in [3.8, 4) is 11.5 Å². The van der Waals surface area contributed by atoms with E-state index in [0.29, 0.717) is 29.0 Å². The standard InChI is InChI=1S/C27H31N5O4S/c1-6-13-32-24(16-28-25(33)12-9-20-8-11-22(35-4)23(15-20)36-5)30-31-27(32)37-17-26(34)29-21-10-7-18(2)19(3)14-21/h6-12,14-15H,1,13,16-17H2,2-5H3,(H,28,33)(H,29,34). The lowest BCUT2D eigenvalue weighted by Crippen LogP contribution is -2.23. The van der Waals surface area contributed by atoms with Crippen LogP contribution >= 0.6 is 11.8 Å². The predicted molar refractivity (Wildman–Crippen MR) is 146 cm³/mol. The Balaban J connectivity index is 1.57. The zero-order chi connectivity index (χ0) is 26.8. The third kappa shape index (κ3) is 7.71. The largest absolute Gasteiger partial charge is 0.493 e. The number of rotatable bonds is 12. The second-order valence-electron chi connectivity index (χ2n) is 8.10. The number of ether oxygens (including phenoxy) is 2. The van der Waals surface area contributed by atoms with E-state index in [4.69, 9.17) is 9.47 Å². The lowest BCUT2D eigenvalue weighted by Gasteiger charge is -2.09. The first-order valence-electron chi connectivity index (χ1n) is 11.6. The first-order chi connectivity index (χ1) is 17.8. The molecular formula is C27H31N5O4S. The third-order valence-corrected chi connectivity index (χ3v) is 6.45. The molecule has 0 aliphatic rings. The maximum atomic E-state index is 12.4. The smallest absolute Gasteiger partial charge is 0.244 e. The summed E-state index contributed by atoms with van der Waals surface area (Å²) in [5.74, 6) is 1.49. The summed E-state index contributed by atoms with van der Waals surface area (Å²) in [4.78, 5) is 24.8. The van der Waals surface area contributed by atoms with E-state index in [-0.39, 0.29) is 24.1 Å². The highest BCUT2D eigenvalue weighted by Gasteiger charge is 2.14. The number of anilines is 1. The van der Waals surface area contributed by atoms with Gasteiger partial charge in [0.15, 0.2) is 22.5 Å². The molecule has 0 atom stereocenters. The third-order valence-electron chi connectivity index (χ3n) is 5.48. The van der Waals surface area contributed by atoms with Crippen molar-refractivity contribution in [1.29, 1.82) is 0 Å². The number of methoxy groups -OCH3 is 2. The molecule has 0 aliphatic heterocycles. The van der Waals surface area contributed by atoms with Gasteiger partial charge in [0.05, 0.1) is 26.5 Å². The Morgan fingerprint density at radius 2 is 1.84 bits per heavy atom. The number of aromatic nitrogens is 3. The van der Waals surface area contributed by atoms with Crippen molar-refractivity contribution in [1.82, 2.24) is 20.1 Å². The summed E-state index contributed by atoms with van der Waals surface area (Å²) in [6, 6.07) is 11.2. The van der Waals surface area contributed by atoms with Crippen molar-refractivity contribution in [2.45, 2.75) is 32.1 Å². The van der Waals surface area contributed by atoms with Crippen molar-refractivity contribution < 1.29 is 19.1 Å². The van der Waals surface area contributed by atoms with Gasteiger partial charge in [0, 0.05) is 18.3 Å². The topological polar surface area (TPSA) is 107 Å². The molecule has 3 aromatic rings. The lowest BCUT2D eigenvalue weighted by molar-refractivity contribution is -0.116. The number of nitrogens with zero attached hydrogens (tertiary/aromatic N) is 3. The average molecular weight is 522 g/mol. The minimum atomic E-state index is -0.287. The summed E-state index contributed by atoms with van der Waals surface area (Å²) >= 11 is 1.27. The molecule has 2 amide bonds. The molecule has 2 aromatic carbocycles. The van der Waals surface area contributed by atoms with Gasteiger partial charge < -0.3 is 24.7 Å². The second-order valence-corrected chi connectivity index (χ2v) is 9.04. The summed E-state index contributed by atoms with van der Waals surface area (Å²) in [5, 5.41) is 14.7. The number of amides is 2. The van der Waals surface area contributed by atoms with Crippen molar-refractivity contribution in [2.75, 3.05) is 25.3 Å². The van der Waals surface area contributed by atoms with E-state index < -0.39 is 0 Å². The Bertz CT molecular complexity index is 1300. The molecular weight excluding hydrogens is 490 g/mol. The summed E-state index contributed by atoms with van der Waals surface area (Å²) in [5.41, 5.74) is 3.83. The summed E-state index contributed by atoms with van der Waals surface area (Å²) in [6.45, 7) is 8.43. The number of aryl methyl sites for hydroxylation is 2. The van der Waals surface area contributed by atoms with E-state index in [1.807, 2.05) is 42.7 Å². The van der Waals surface area contributed by atoms with Gasteiger partial charge in [-0.1, -0.05) is 30.0 Å². The maximum absolute atomic E-state index is 12.4. The van der Waals surface area contributed by atoms with Gasteiger partial charge in [-0.15, -0.1) is 16.8 Å². The first kappa shape index (κ1) is 27.5. The Hall–Kier alpha value is -4.05. The van der Waals surface area contributed by atoms with Crippen LogP contribution < -0.4 is 20.1 Å². The number of allylic oxidation sites excluding steroid dienone is 1. The maximum Gasteiger partial charge on any atom is 0.244 e. The van der Waals surface area contributed by atoms with Crippen LogP contribution in [0.3, 0.4) is 0 Å². The Morgan fingerprint density at radius 1 is 1.05 bits per heavy atom. The normalized spacial score (nSPS) is 10.8. The molecule has 0 unspecified atom stereocenters. The van der Waals surface area contributed by atoms with Crippen LogP contribution in [0, 0.1) is 13.8 Å². The quantitative estimate of drug-likeness (QED) is 0.209. The molecule has 3 rings (SSSR count). The van der Waals surface area contributed by atoms with Gasteiger partial charge in [0.2, 0.25) is 11.8 Å². The first-order valence-corrected chi connectivity index (χ1v) is 12.5. The van der Waals surface area contributed by atoms with Crippen LogP contribution in [0.5, 0.6) is 11.5 Å². The molecule has 0 aliphatic carbocycles. The molecule has 0 radical (unpaired) electrons. The van der Waals surface area contributed by atoms with E-state index in [9.17, 15) is 9.59 Å². The van der Waals surface area contributed by atoms with Gasteiger partial charge in [-0.25, -0.2) is 0 Å². The van der Waals surface area contributed by atoms with Crippen molar-refractivity contribution in [3.63, 3.8) is 0 Å².